The third-order valence-electron chi connectivity index (χ3n) is 6.71. The van der Waals surface area contributed by atoms with Crippen LogP contribution in [0.15, 0.2) is 144 Å². The van der Waals surface area contributed by atoms with E-state index < -0.39 is 11.8 Å². The van der Waals surface area contributed by atoms with Crippen LogP contribution in [-0.2, 0) is 16.2 Å². The summed E-state index contributed by atoms with van der Waals surface area (Å²) in [6, 6.07) is 36.5. The molecule has 0 aliphatic rings. The molecule has 1 atom stereocenters. The molecular formula is C37H32N4O4S. The zero-order valence-electron chi connectivity index (χ0n) is 25.1. The van der Waals surface area contributed by atoms with Crippen molar-refractivity contribution < 1.29 is 19.1 Å². The second kappa shape index (κ2) is 15.9. The summed E-state index contributed by atoms with van der Waals surface area (Å²) in [6.45, 7) is 2.26. The molecule has 5 aromatic rings. The van der Waals surface area contributed by atoms with E-state index >= 15 is 0 Å². The Balaban J connectivity index is 1.25. The summed E-state index contributed by atoms with van der Waals surface area (Å²) < 4.78 is 5.88. The van der Waals surface area contributed by atoms with Crippen molar-refractivity contribution >= 4 is 46.9 Å². The minimum absolute atomic E-state index is 0.0756. The Hall–Kier alpha value is -5.67. The average molecular weight is 629 g/mol. The zero-order chi connectivity index (χ0) is 32.1. The van der Waals surface area contributed by atoms with Crippen molar-refractivity contribution in [3.05, 3.63) is 156 Å². The fourth-order valence-corrected chi connectivity index (χ4v) is 5.13. The van der Waals surface area contributed by atoms with Crippen molar-refractivity contribution in [2.75, 3.05) is 10.6 Å². The number of hydrogen-bond donors (Lipinski definition) is 3. The summed E-state index contributed by atoms with van der Waals surface area (Å²) in [5, 5.41) is 8.14. The van der Waals surface area contributed by atoms with Gasteiger partial charge in [-0.25, -0.2) is 0 Å². The number of hydrogen-bond acceptors (Lipinski definition) is 6. The molecule has 4 aromatic carbocycles. The lowest BCUT2D eigenvalue weighted by atomic mass is 10.1. The Kier molecular flexibility index (Phi) is 11.0. The van der Waals surface area contributed by atoms with Crippen LogP contribution in [0.3, 0.4) is 0 Å². The summed E-state index contributed by atoms with van der Waals surface area (Å²) in [5.41, 5.74) is 3.48. The van der Waals surface area contributed by atoms with E-state index in [1.807, 2.05) is 79.7 Å². The van der Waals surface area contributed by atoms with Crippen LogP contribution < -0.4 is 20.7 Å². The monoisotopic (exact) mass is 628 g/mol. The highest BCUT2D eigenvalue weighted by atomic mass is 32.2. The minimum atomic E-state index is -0.487. The molecule has 1 aromatic heterocycles. The topological polar surface area (TPSA) is 109 Å². The summed E-state index contributed by atoms with van der Waals surface area (Å²) in [5.74, 6) is -0.342. The number of nitrogens with zero attached hydrogens (tertiary/aromatic N) is 1. The van der Waals surface area contributed by atoms with Gasteiger partial charge in [-0.1, -0.05) is 60.7 Å². The molecule has 0 bridgehead atoms. The summed E-state index contributed by atoms with van der Waals surface area (Å²) in [6.07, 6.45) is 4.85. The molecule has 9 heteroatoms. The Morgan fingerprint density at radius 1 is 0.761 bits per heavy atom. The van der Waals surface area contributed by atoms with Gasteiger partial charge in [-0.15, -0.1) is 11.8 Å². The van der Waals surface area contributed by atoms with E-state index in [0.717, 1.165) is 10.5 Å². The SMILES string of the molecule is CC(Sc1ccc(NC(=O)/C(=C/c2ccc(OCc3ccccc3)cc2)NC(=O)c2ccccc2)cc1)C(=O)Nc1ccncc1. The Morgan fingerprint density at radius 2 is 1.39 bits per heavy atom. The Bertz CT molecular complexity index is 1780. The van der Waals surface area contributed by atoms with Gasteiger partial charge in [0.15, 0.2) is 0 Å². The van der Waals surface area contributed by atoms with Crippen LogP contribution in [0.2, 0.25) is 0 Å². The van der Waals surface area contributed by atoms with Crippen LogP contribution in [0.4, 0.5) is 11.4 Å². The van der Waals surface area contributed by atoms with Gasteiger partial charge in [0, 0.05) is 34.2 Å². The van der Waals surface area contributed by atoms with E-state index in [0.29, 0.717) is 34.9 Å². The van der Waals surface area contributed by atoms with Gasteiger partial charge in [0.2, 0.25) is 5.91 Å². The number of benzene rings is 4. The summed E-state index contributed by atoms with van der Waals surface area (Å²) in [7, 11) is 0. The van der Waals surface area contributed by atoms with Crippen LogP contribution in [0.25, 0.3) is 6.08 Å². The molecule has 0 radical (unpaired) electrons. The van der Waals surface area contributed by atoms with Crippen LogP contribution in [0.1, 0.15) is 28.4 Å². The Labute approximate surface area is 271 Å². The highest BCUT2D eigenvalue weighted by molar-refractivity contribution is 8.00. The molecule has 0 fully saturated rings. The third kappa shape index (κ3) is 9.41. The lowest BCUT2D eigenvalue weighted by Gasteiger charge is -2.13. The van der Waals surface area contributed by atoms with Crippen molar-refractivity contribution in [3.8, 4) is 5.75 Å². The first kappa shape index (κ1) is 31.7. The van der Waals surface area contributed by atoms with Gasteiger partial charge < -0.3 is 20.7 Å². The molecule has 0 saturated carbocycles. The quantitative estimate of drug-likeness (QED) is 0.0997. The van der Waals surface area contributed by atoms with E-state index in [1.165, 1.54) is 11.8 Å². The second-order valence-corrected chi connectivity index (χ2v) is 11.6. The van der Waals surface area contributed by atoms with Gasteiger partial charge in [0.1, 0.15) is 18.1 Å². The van der Waals surface area contributed by atoms with Crippen molar-refractivity contribution in [2.45, 2.75) is 23.7 Å². The molecule has 5 rings (SSSR count). The van der Waals surface area contributed by atoms with E-state index in [9.17, 15) is 14.4 Å². The highest BCUT2D eigenvalue weighted by Gasteiger charge is 2.17. The zero-order valence-corrected chi connectivity index (χ0v) is 25.9. The normalized spacial score (nSPS) is 11.6. The first-order chi connectivity index (χ1) is 22.4. The molecule has 8 nitrogen and oxygen atoms in total. The number of aromatic nitrogens is 1. The van der Waals surface area contributed by atoms with Crippen molar-refractivity contribution in [1.29, 1.82) is 0 Å². The minimum Gasteiger partial charge on any atom is -0.489 e. The smallest absolute Gasteiger partial charge is 0.272 e. The standard InChI is InChI=1S/C37H32N4O4S/c1-26(35(42)39-31-20-22-38-23-21-31)46-33-18-14-30(15-19-33)40-37(44)34(41-36(43)29-10-6-3-7-11-29)24-27-12-16-32(17-13-27)45-25-28-8-4-2-5-9-28/h2-24,26H,25H2,1H3,(H,40,44)(H,41,43)(H,38,39,42)/b34-24-. The van der Waals surface area contributed by atoms with E-state index in [-0.39, 0.29) is 16.9 Å². The van der Waals surface area contributed by atoms with E-state index in [4.69, 9.17) is 4.74 Å². The molecule has 230 valence electrons. The van der Waals surface area contributed by atoms with Gasteiger partial charge in [-0.3, -0.25) is 19.4 Å². The first-order valence-corrected chi connectivity index (χ1v) is 15.4. The van der Waals surface area contributed by atoms with E-state index in [1.54, 1.807) is 67.0 Å². The maximum absolute atomic E-state index is 13.5. The number of ether oxygens (including phenoxy) is 1. The van der Waals surface area contributed by atoms with Crippen molar-refractivity contribution in [2.24, 2.45) is 0 Å². The number of carbonyl (C=O) groups excluding carboxylic acids is 3. The predicted octanol–water partition coefficient (Wildman–Crippen LogP) is 7.19. The van der Waals surface area contributed by atoms with Gasteiger partial charge >= 0.3 is 0 Å². The number of amides is 3. The molecule has 1 unspecified atom stereocenters. The molecule has 3 N–H and O–H groups in total. The van der Waals surface area contributed by atoms with Crippen LogP contribution >= 0.6 is 11.8 Å². The van der Waals surface area contributed by atoms with Crippen LogP contribution in [0, 0.1) is 0 Å². The lowest BCUT2D eigenvalue weighted by molar-refractivity contribution is -0.115. The second-order valence-electron chi connectivity index (χ2n) is 10.2. The lowest BCUT2D eigenvalue weighted by Crippen LogP contribution is -2.30. The molecular weight excluding hydrogens is 596 g/mol. The summed E-state index contributed by atoms with van der Waals surface area (Å²) in [4.78, 5) is 43.9. The van der Waals surface area contributed by atoms with Crippen molar-refractivity contribution in [3.63, 3.8) is 0 Å². The maximum Gasteiger partial charge on any atom is 0.272 e. The number of pyridine rings is 1. The highest BCUT2D eigenvalue weighted by Crippen LogP contribution is 2.26. The van der Waals surface area contributed by atoms with Gasteiger partial charge in [0.25, 0.3) is 11.8 Å². The number of carbonyl (C=O) groups is 3. The molecule has 0 aliphatic heterocycles. The fraction of sp³-hybridized carbons (Fsp3) is 0.0811. The molecule has 3 amide bonds. The van der Waals surface area contributed by atoms with Gasteiger partial charge in [-0.05, 0) is 84.8 Å². The van der Waals surface area contributed by atoms with Crippen LogP contribution in [0.5, 0.6) is 5.75 Å². The maximum atomic E-state index is 13.5. The number of thioether (sulfide) groups is 1. The largest absolute Gasteiger partial charge is 0.489 e. The first-order valence-electron chi connectivity index (χ1n) is 14.6. The van der Waals surface area contributed by atoms with Gasteiger partial charge in [-0.2, -0.15) is 0 Å². The van der Waals surface area contributed by atoms with Crippen molar-refractivity contribution in [1.82, 2.24) is 10.3 Å². The number of rotatable bonds is 12. The molecule has 0 spiro atoms. The molecule has 46 heavy (non-hydrogen) atoms. The Morgan fingerprint density at radius 3 is 2.07 bits per heavy atom. The van der Waals surface area contributed by atoms with E-state index in [2.05, 4.69) is 20.9 Å². The third-order valence-corrected chi connectivity index (χ3v) is 7.82. The number of nitrogens with one attached hydrogen (secondary N) is 3. The number of anilines is 2. The average Bonchev–Trinajstić information content (AvgIpc) is 3.09. The predicted molar refractivity (Wildman–Crippen MR) is 182 cm³/mol. The van der Waals surface area contributed by atoms with Crippen LogP contribution in [-0.4, -0.2) is 28.0 Å². The fourth-order valence-electron chi connectivity index (χ4n) is 4.26. The molecule has 0 saturated heterocycles. The summed E-state index contributed by atoms with van der Waals surface area (Å²) >= 11 is 1.40. The molecule has 1 heterocycles. The molecule has 0 aliphatic carbocycles. The van der Waals surface area contributed by atoms with Gasteiger partial charge in [0.05, 0.1) is 5.25 Å².